The van der Waals surface area contributed by atoms with Crippen LogP contribution in [0.3, 0.4) is 0 Å². The Bertz CT molecular complexity index is 1470. The van der Waals surface area contributed by atoms with Crippen molar-refractivity contribution < 1.29 is 42.1 Å². The molecule has 0 N–H and O–H groups in total. The summed E-state index contributed by atoms with van der Waals surface area (Å²) >= 11 is 0. The quantitative estimate of drug-likeness (QED) is 0.0256. The third-order valence-corrected chi connectivity index (χ3v) is 20.1. The Kier molecular flexibility index (Phi) is 71.5. The van der Waals surface area contributed by atoms with Gasteiger partial charge in [-0.1, -0.05) is 425 Å². The van der Waals surface area contributed by atoms with Crippen molar-refractivity contribution in [1.82, 2.24) is 0 Å². The fraction of sp³-hybridized carbons (Fsp3) is 0.975. The van der Waals surface area contributed by atoms with Crippen molar-refractivity contribution in [3.05, 3.63) is 0 Å². The first-order valence-corrected chi connectivity index (χ1v) is 42.2. The van der Waals surface area contributed by atoms with E-state index < -0.39 is 26.5 Å². The van der Waals surface area contributed by atoms with Crippen molar-refractivity contribution in [2.45, 2.75) is 457 Å². The minimum atomic E-state index is -4.64. The van der Waals surface area contributed by atoms with E-state index in [9.17, 15) is 19.0 Å². The Balaban J connectivity index is 3.86. The molecule has 9 nitrogen and oxygen atoms in total. The molecule has 0 rings (SSSR count). The van der Waals surface area contributed by atoms with Crippen LogP contribution in [0.15, 0.2) is 0 Å². The van der Waals surface area contributed by atoms with Crippen LogP contribution in [0.25, 0.3) is 0 Å². The number of phosphoric ester groups is 1. The smallest absolute Gasteiger partial charge is 0.306 e. The summed E-state index contributed by atoms with van der Waals surface area (Å²) in [6.45, 7) is 4.35. The molecule has 0 saturated carbocycles. The van der Waals surface area contributed by atoms with Crippen LogP contribution in [0, 0.1) is 0 Å². The number of nitrogens with zero attached hydrogens (tertiary/aromatic N) is 1. The molecule has 2 unspecified atom stereocenters. The summed E-state index contributed by atoms with van der Waals surface area (Å²) in [6, 6.07) is 0. The molecule has 0 aromatic heterocycles. The highest BCUT2D eigenvalue weighted by Crippen LogP contribution is 2.38. The van der Waals surface area contributed by atoms with Crippen LogP contribution in [0.1, 0.15) is 450 Å². The molecule has 0 aliphatic rings. The Labute approximate surface area is 563 Å². The summed E-state index contributed by atoms with van der Waals surface area (Å²) in [5.41, 5.74) is 0. The van der Waals surface area contributed by atoms with Crippen LogP contribution in [0.5, 0.6) is 0 Å². The highest BCUT2D eigenvalue weighted by molar-refractivity contribution is 7.45. The van der Waals surface area contributed by atoms with E-state index in [4.69, 9.17) is 18.5 Å². The molecule has 0 bridgehead atoms. The fourth-order valence-corrected chi connectivity index (χ4v) is 13.6. The lowest BCUT2D eigenvalue weighted by atomic mass is 10.0. The van der Waals surface area contributed by atoms with Crippen LogP contribution in [-0.2, 0) is 32.7 Å². The first-order chi connectivity index (χ1) is 44.0. The zero-order valence-electron chi connectivity index (χ0n) is 61.6. The summed E-state index contributed by atoms with van der Waals surface area (Å²) < 4.78 is 34.4. The molecule has 0 amide bonds. The first-order valence-electron chi connectivity index (χ1n) is 40.7. The lowest BCUT2D eigenvalue weighted by Crippen LogP contribution is -2.37. The highest BCUT2D eigenvalue weighted by atomic mass is 31.2. The molecule has 0 aromatic carbocycles. The second-order valence-corrected chi connectivity index (χ2v) is 30.9. The van der Waals surface area contributed by atoms with E-state index in [0.29, 0.717) is 17.4 Å². The molecule has 0 saturated heterocycles. The molecule has 0 radical (unpaired) electrons. The van der Waals surface area contributed by atoms with Crippen LogP contribution >= 0.6 is 7.82 Å². The lowest BCUT2D eigenvalue weighted by molar-refractivity contribution is -0.870. The average molecular weight is 1300 g/mol. The Morgan fingerprint density at radius 2 is 0.500 bits per heavy atom. The molecule has 0 spiro atoms. The molecular formula is C80H160NO8P. The van der Waals surface area contributed by atoms with Gasteiger partial charge in [-0.15, -0.1) is 0 Å². The lowest BCUT2D eigenvalue weighted by Gasteiger charge is -2.28. The zero-order chi connectivity index (χ0) is 65.5. The third kappa shape index (κ3) is 76.0. The number of esters is 2. The Morgan fingerprint density at radius 3 is 0.711 bits per heavy atom. The molecule has 10 heteroatoms. The standard InChI is InChI=1S/C80H160NO8P/c1-6-8-10-12-14-16-18-20-22-24-26-28-30-32-34-36-37-38-39-40-41-42-43-44-45-47-49-51-53-55-57-59-61-63-65-67-69-71-73-80(83)89-78(77-88-90(84,85)87-75-74-81(3,4)5)76-86-79(82)72-70-68-66-64-62-60-58-56-54-52-50-48-46-35-33-31-29-27-25-23-21-19-17-15-13-11-9-7-2/h78H,6-77H2,1-5H3. The summed E-state index contributed by atoms with van der Waals surface area (Å²) in [5, 5.41) is 0. The molecule has 0 aliphatic carbocycles. The van der Waals surface area contributed by atoms with Gasteiger partial charge in [-0.2, -0.15) is 0 Å². The van der Waals surface area contributed by atoms with Crippen LogP contribution in [0.2, 0.25) is 0 Å². The zero-order valence-corrected chi connectivity index (χ0v) is 62.5. The van der Waals surface area contributed by atoms with Gasteiger partial charge < -0.3 is 27.9 Å². The number of hydrogen-bond acceptors (Lipinski definition) is 8. The molecule has 90 heavy (non-hydrogen) atoms. The molecule has 0 fully saturated rings. The first kappa shape index (κ1) is 89.0. The summed E-state index contributed by atoms with van der Waals surface area (Å²) in [5.74, 6) is -0.800. The van der Waals surface area contributed by atoms with Gasteiger partial charge >= 0.3 is 11.9 Å². The summed E-state index contributed by atoms with van der Waals surface area (Å²) in [4.78, 5) is 38.2. The number of rotatable bonds is 78. The maximum absolute atomic E-state index is 12.9. The number of ether oxygens (including phenoxy) is 2. The van der Waals surface area contributed by atoms with Gasteiger partial charge in [0, 0.05) is 12.8 Å². The Hall–Kier alpha value is -0.990. The predicted octanol–water partition coefficient (Wildman–Crippen LogP) is 26.2. The summed E-state index contributed by atoms with van der Waals surface area (Å²) in [6.07, 6.45) is 89.6. The average Bonchev–Trinajstić information content (AvgIpc) is 3.62. The van der Waals surface area contributed by atoms with E-state index in [0.717, 1.165) is 32.1 Å². The van der Waals surface area contributed by atoms with Crippen LogP contribution < -0.4 is 4.89 Å². The monoisotopic (exact) mass is 1290 g/mol. The number of unbranched alkanes of at least 4 members (excludes halogenated alkanes) is 64. The van der Waals surface area contributed by atoms with Gasteiger partial charge in [0.25, 0.3) is 7.82 Å². The number of carbonyl (C=O) groups excluding carboxylic acids is 2. The second-order valence-electron chi connectivity index (χ2n) is 29.5. The SMILES string of the molecule is CCCCCCCCCCCCCCCCCCCCCCCCCCCCCCCCCCCCCCCCC(=O)OC(COC(=O)CCCCCCCCCCCCCCCCCCCCCCCCCCCCCC)COP(=O)([O-])OCC[N+](C)(C)C. The van der Waals surface area contributed by atoms with Crippen molar-refractivity contribution in [1.29, 1.82) is 0 Å². The maximum atomic E-state index is 12.9. The number of phosphoric acid groups is 1. The van der Waals surface area contributed by atoms with E-state index >= 15 is 0 Å². The fourth-order valence-electron chi connectivity index (χ4n) is 12.9. The molecule has 538 valence electrons. The predicted molar refractivity (Wildman–Crippen MR) is 389 cm³/mol. The maximum Gasteiger partial charge on any atom is 0.306 e. The van der Waals surface area contributed by atoms with Gasteiger partial charge in [-0.05, 0) is 12.8 Å². The van der Waals surface area contributed by atoms with Gasteiger partial charge in [0.1, 0.15) is 19.8 Å². The van der Waals surface area contributed by atoms with Gasteiger partial charge in [0.05, 0.1) is 27.7 Å². The van der Waals surface area contributed by atoms with Gasteiger partial charge in [-0.25, -0.2) is 0 Å². The highest BCUT2D eigenvalue weighted by Gasteiger charge is 2.22. The van der Waals surface area contributed by atoms with Gasteiger partial charge in [-0.3, -0.25) is 14.2 Å². The topological polar surface area (TPSA) is 111 Å². The van der Waals surface area contributed by atoms with Gasteiger partial charge in [0.2, 0.25) is 0 Å². The molecule has 0 heterocycles. The number of carbonyl (C=O) groups is 2. The Morgan fingerprint density at radius 1 is 0.300 bits per heavy atom. The second kappa shape index (κ2) is 72.3. The van der Waals surface area contributed by atoms with Crippen molar-refractivity contribution in [2.75, 3.05) is 47.5 Å². The third-order valence-electron chi connectivity index (χ3n) is 19.1. The minimum absolute atomic E-state index is 0.0246. The van der Waals surface area contributed by atoms with E-state index in [-0.39, 0.29) is 32.0 Å². The van der Waals surface area contributed by atoms with Crippen LogP contribution in [-0.4, -0.2) is 70.0 Å². The van der Waals surface area contributed by atoms with E-state index in [1.54, 1.807) is 0 Å². The van der Waals surface area contributed by atoms with Crippen molar-refractivity contribution in [3.63, 3.8) is 0 Å². The molecule has 0 aromatic rings. The van der Waals surface area contributed by atoms with E-state index in [1.807, 2.05) is 21.1 Å². The van der Waals surface area contributed by atoms with Crippen LogP contribution in [0.4, 0.5) is 0 Å². The number of likely N-dealkylation sites (N-methyl/N-ethyl adjacent to an activating group) is 1. The van der Waals surface area contributed by atoms with Crippen molar-refractivity contribution in [2.24, 2.45) is 0 Å². The minimum Gasteiger partial charge on any atom is -0.756 e. The molecular weight excluding hydrogens is 1130 g/mol. The van der Waals surface area contributed by atoms with Crippen molar-refractivity contribution in [3.8, 4) is 0 Å². The van der Waals surface area contributed by atoms with E-state index in [2.05, 4.69) is 13.8 Å². The normalized spacial score (nSPS) is 12.9. The largest absolute Gasteiger partial charge is 0.756 e. The summed E-state index contributed by atoms with van der Waals surface area (Å²) in [7, 11) is 1.20. The number of quaternary nitrogens is 1. The molecule has 2 atom stereocenters. The van der Waals surface area contributed by atoms with E-state index in [1.165, 1.54) is 385 Å². The van der Waals surface area contributed by atoms with Crippen molar-refractivity contribution >= 4 is 19.8 Å². The number of hydrogen-bond donors (Lipinski definition) is 0. The van der Waals surface area contributed by atoms with Gasteiger partial charge in [0.15, 0.2) is 6.10 Å². The molecule has 0 aliphatic heterocycles.